The lowest BCUT2D eigenvalue weighted by atomic mass is 10.0. The Kier molecular flexibility index (Phi) is 5.86. The molecule has 0 bridgehead atoms. The molecule has 6 heteroatoms. The molecule has 1 aliphatic rings. The van der Waals surface area contributed by atoms with Crippen molar-refractivity contribution in [2.24, 2.45) is 5.92 Å². The monoisotopic (exact) mass is 353 g/mol. The molecule has 3 amide bonds. The molecular formula is C20H23N3O3. The van der Waals surface area contributed by atoms with Gasteiger partial charge >= 0.3 is 6.03 Å². The molecule has 0 radical (unpaired) electrons. The van der Waals surface area contributed by atoms with Crippen LogP contribution in [-0.4, -0.2) is 25.7 Å². The summed E-state index contributed by atoms with van der Waals surface area (Å²) in [5.74, 6) is 0.280. The molecule has 0 aliphatic heterocycles. The number of methoxy groups -OCH3 is 1. The Morgan fingerprint density at radius 1 is 1.00 bits per heavy atom. The average molecular weight is 353 g/mol. The Morgan fingerprint density at radius 2 is 1.62 bits per heavy atom. The molecule has 1 aliphatic carbocycles. The molecule has 3 N–H and O–H groups in total. The van der Waals surface area contributed by atoms with E-state index >= 15 is 0 Å². The first-order chi connectivity index (χ1) is 12.7. The van der Waals surface area contributed by atoms with Crippen LogP contribution in [0.25, 0.3) is 0 Å². The quantitative estimate of drug-likeness (QED) is 0.712. The Balaban J connectivity index is 1.56. The lowest BCUT2D eigenvalue weighted by Crippen LogP contribution is -2.33. The molecule has 2 aromatic carbocycles. The van der Waals surface area contributed by atoms with E-state index in [4.69, 9.17) is 4.74 Å². The van der Waals surface area contributed by atoms with E-state index in [0.717, 1.165) is 18.4 Å². The Hall–Kier alpha value is -2.86. The van der Waals surface area contributed by atoms with Crippen LogP contribution >= 0.6 is 0 Å². The summed E-state index contributed by atoms with van der Waals surface area (Å²) in [6.45, 7) is 0.00441. The zero-order valence-corrected chi connectivity index (χ0v) is 14.7. The molecule has 6 nitrogen and oxygen atoms in total. The third-order valence-corrected chi connectivity index (χ3v) is 4.24. The fourth-order valence-corrected chi connectivity index (χ4v) is 2.84. The average Bonchev–Trinajstić information content (AvgIpc) is 3.47. The second-order valence-corrected chi connectivity index (χ2v) is 6.38. The Labute approximate surface area is 152 Å². The Bertz CT molecular complexity index is 743. The highest BCUT2D eigenvalue weighted by atomic mass is 16.5. The van der Waals surface area contributed by atoms with Gasteiger partial charge in [-0.15, -0.1) is 0 Å². The van der Waals surface area contributed by atoms with E-state index in [-0.39, 0.29) is 24.6 Å². The summed E-state index contributed by atoms with van der Waals surface area (Å²) in [5, 5.41) is 8.62. The van der Waals surface area contributed by atoms with Gasteiger partial charge in [-0.25, -0.2) is 4.79 Å². The van der Waals surface area contributed by atoms with Gasteiger partial charge in [0.15, 0.2) is 0 Å². The predicted octanol–water partition coefficient (Wildman–Crippen LogP) is 3.54. The van der Waals surface area contributed by atoms with Gasteiger partial charge in [0.25, 0.3) is 0 Å². The highest BCUT2D eigenvalue weighted by molar-refractivity contribution is 5.93. The van der Waals surface area contributed by atoms with Gasteiger partial charge in [0, 0.05) is 18.5 Å². The summed E-state index contributed by atoms with van der Waals surface area (Å²) < 4.78 is 4.77. The fourth-order valence-electron chi connectivity index (χ4n) is 2.84. The van der Waals surface area contributed by atoms with Crippen LogP contribution < -0.4 is 16.0 Å². The third kappa shape index (κ3) is 5.07. The number of hydrogen-bond acceptors (Lipinski definition) is 3. The first-order valence-corrected chi connectivity index (χ1v) is 8.67. The summed E-state index contributed by atoms with van der Waals surface area (Å²) in [5.41, 5.74) is 2.44. The van der Waals surface area contributed by atoms with Crippen LogP contribution in [0.15, 0.2) is 54.6 Å². The summed E-state index contributed by atoms with van der Waals surface area (Å²) in [4.78, 5) is 23.9. The van der Waals surface area contributed by atoms with Crippen molar-refractivity contribution in [3.63, 3.8) is 0 Å². The van der Waals surface area contributed by atoms with Gasteiger partial charge in [0.2, 0.25) is 5.91 Å². The van der Waals surface area contributed by atoms with Crippen molar-refractivity contribution in [3.05, 3.63) is 60.2 Å². The minimum absolute atomic E-state index is 0.00441. The van der Waals surface area contributed by atoms with Crippen LogP contribution in [0.1, 0.15) is 24.4 Å². The molecule has 1 saturated carbocycles. The first-order valence-electron chi connectivity index (χ1n) is 8.67. The van der Waals surface area contributed by atoms with Crippen molar-refractivity contribution >= 4 is 23.3 Å². The van der Waals surface area contributed by atoms with Gasteiger partial charge < -0.3 is 20.7 Å². The number of anilines is 2. The number of hydrogen-bond donors (Lipinski definition) is 3. The maximum atomic E-state index is 12.4. The Morgan fingerprint density at radius 3 is 2.19 bits per heavy atom. The number of ether oxygens (including phenoxy) is 1. The minimum atomic E-state index is -0.234. The van der Waals surface area contributed by atoms with E-state index in [2.05, 4.69) is 16.0 Å². The maximum Gasteiger partial charge on any atom is 0.319 e. The smallest absolute Gasteiger partial charge is 0.319 e. The highest BCUT2D eigenvalue weighted by Crippen LogP contribution is 2.40. The number of benzene rings is 2. The zero-order valence-electron chi connectivity index (χ0n) is 14.7. The van der Waals surface area contributed by atoms with Gasteiger partial charge in [-0.3, -0.25) is 4.79 Å². The third-order valence-electron chi connectivity index (χ3n) is 4.24. The van der Waals surface area contributed by atoms with E-state index in [1.54, 1.807) is 24.3 Å². The van der Waals surface area contributed by atoms with Crippen LogP contribution in [-0.2, 0) is 9.53 Å². The number of carbonyl (C=O) groups is 2. The number of rotatable bonds is 7. The topological polar surface area (TPSA) is 79.5 Å². The molecule has 0 saturated heterocycles. The molecule has 0 heterocycles. The summed E-state index contributed by atoms with van der Waals surface area (Å²) >= 11 is 0. The normalized spacial score (nSPS) is 14.3. The van der Waals surface area contributed by atoms with Crippen molar-refractivity contribution in [3.8, 4) is 0 Å². The minimum Gasteiger partial charge on any atom is -0.375 e. The van der Waals surface area contributed by atoms with Crippen LogP contribution in [0, 0.1) is 5.92 Å². The summed E-state index contributed by atoms with van der Waals surface area (Å²) in [7, 11) is 1.47. The van der Waals surface area contributed by atoms with E-state index < -0.39 is 0 Å². The van der Waals surface area contributed by atoms with Crippen molar-refractivity contribution in [1.82, 2.24) is 5.32 Å². The van der Waals surface area contributed by atoms with Crippen LogP contribution in [0.5, 0.6) is 0 Å². The number of carbonyl (C=O) groups excluding carboxylic acids is 2. The van der Waals surface area contributed by atoms with Gasteiger partial charge in [0.05, 0.1) is 6.04 Å². The van der Waals surface area contributed by atoms with Gasteiger partial charge in [0.1, 0.15) is 6.61 Å². The first kappa shape index (κ1) is 17.9. The largest absolute Gasteiger partial charge is 0.375 e. The van der Waals surface area contributed by atoms with Crippen LogP contribution in [0.4, 0.5) is 16.2 Å². The lowest BCUT2D eigenvalue weighted by Gasteiger charge is -2.19. The molecule has 3 rings (SSSR count). The molecular weight excluding hydrogens is 330 g/mol. The fraction of sp³-hybridized carbons (Fsp3) is 0.300. The molecule has 0 aromatic heterocycles. The van der Waals surface area contributed by atoms with E-state index in [0.29, 0.717) is 17.3 Å². The molecule has 1 fully saturated rings. The second-order valence-electron chi connectivity index (χ2n) is 6.38. The van der Waals surface area contributed by atoms with Gasteiger partial charge in [-0.05, 0) is 48.6 Å². The number of amides is 3. The van der Waals surface area contributed by atoms with Crippen molar-refractivity contribution < 1.29 is 14.3 Å². The number of nitrogens with one attached hydrogen (secondary N) is 3. The van der Waals surface area contributed by atoms with Crippen LogP contribution in [0.2, 0.25) is 0 Å². The van der Waals surface area contributed by atoms with Crippen LogP contribution in [0.3, 0.4) is 0 Å². The molecule has 0 spiro atoms. The molecule has 26 heavy (non-hydrogen) atoms. The van der Waals surface area contributed by atoms with Crippen molar-refractivity contribution in [1.29, 1.82) is 0 Å². The van der Waals surface area contributed by atoms with Crippen molar-refractivity contribution in [2.45, 2.75) is 18.9 Å². The van der Waals surface area contributed by atoms with Gasteiger partial charge in [-0.2, -0.15) is 0 Å². The van der Waals surface area contributed by atoms with E-state index in [1.165, 1.54) is 7.11 Å². The summed E-state index contributed by atoms with van der Waals surface area (Å²) in [6, 6.07) is 16.8. The highest BCUT2D eigenvalue weighted by Gasteiger charge is 2.33. The number of urea groups is 1. The van der Waals surface area contributed by atoms with E-state index in [9.17, 15) is 9.59 Å². The van der Waals surface area contributed by atoms with E-state index in [1.807, 2.05) is 30.3 Å². The molecule has 136 valence electrons. The van der Waals surface area contributed by atoms with Gasteiger partial charge in [-0.1, -0.05) is 30.3 Å². The zero-order chi connectivity index (χ0) is 18.4. The second kappa shape index (κ2) is 8.49. The lowest BCUT2D eigenvalue weighted by molar-refractivity contribution is -0.119. The molecule has 1 atom stereocenters. The predicted molar refractivity (Wildman–Crippen MR) is 101 cm³/mol. The summed E-state index contributed by atoms with van der Waals surface area (Å²) in [6.07, 6.45) is 2.27. The van der Waals surface area contributed by atoms with Crippen molar-refractivity contribution in [2.75, 3.05) is 24.4 Å². The standard InChI is InChI=1S/C20H23N3O3/c1-26-13-18(24)21-16-9-11-17(12-10-16)22-20(25)23-19(15-7-8-15)14-5-3-2-4-6-14/h2-6,9-12,15,19H,7-8,13H2,1H3,(H,21,24)(H2,22,23,25). The maximum absolute atomic E-state index is 12.4. The molecule has 1 unspecified atom stereocenters. The SMILES string of the molecule is COCC(=O)Nc1ccc(NC(=O)NC(c2ccccc2)C2CC2)cc1. The molecule has 2 aromatic rings.